The largest absolute Gasteiger partial charge is 0.444 e. The van der Waals surface area contributed by atoms with Gasteiger partial charge >= 0.3 is 6.09 Å². The second-order valence-corrected chi connectivity index (χ2v) is 11.3. The topological polar surface area (TPSA) is 97.1 Å². The van der Waals surface area contributed by atoms with E-state index in [0.29, 0.717) is 18.5 Å². The van der Waals surface area contributed by atoms with Crippen molar-refractivity contribution in [2.24, 2.45) is 11.4 Å². The maximum absolute atomic E-state index is 12.7. The predicted octanol–water partition coefficient (Wildman–Crippen LogP) is 3.87. The second-order valence-electron chi connectivity index (χ2n) is 9.27. The summed E-state index contributed by atoms with van der Waals surface area (Å²) in [6.45, 7) is 7.86. The molecule has 33 heavy (non-hydrogen) atoms. The monoisotopic (exact) mass is 495 g/mol. The molecule has 9 nitrogen and oxygen atoms in total. The minimum Gasteiger partial charge on any atom is -0.444 e. The third-order valence-electron chi connectivity index (χ3n) is 5.13. The van der Waals surface area contributed by atoms with Gasteiger partial charge in [-0.25, -0.2) is 4.79 Å². The third-order valence-corrected chi connectivity index (χ3v) is 6.55. The van der Waals surface area contributed by atoms with Crippen LogP contribution < -0.4 is 0 Å². The van der Waals surface area contributed by atoms with Crippen molar-refractivity contribution in [3.63, 3.8) is 0 Å². The van der Waals surface area contributed by atoms with E-state index in [2.05, 4.69) is 9.50 Å². The lowest BCUT2D eigenvalue weighted by atomic mass is 9.96. The molecule has 0 N–H and O–H groups in total. The van der Waals surface area contributed by atoms with Crippen LogP contribution in [0.4, 0.5) is 4.79 Å². The Bertz CT molecular complexity index is 1200. The van der Waals surface area contributed by atoms with E-state index in [1.165, 1.54) is 17.3 Å². The van der Waals surface area contributed by atoms with Crippen LogP contribution in [-0.2, 0) is 28.2 Å². The summed E-state index contributed by atoms with van der Waals surface area (Å²) < 4.78 is 36.4. The summed E-state index contributed by atoms with van der Waals surface area (Å²) in [4.78, 5) is 15.9. The Morgan fingerprint density at radius 1 is 1.30 bits per heavy atom. The normalized spacial score (nSPS) is 16.7. The highest BCUT2D eigenvalue weighted by atomic mass is 35.5. The molecule has 0 saturated carbocycles. The molecule has 1 atom stereocenters. The highest BCUT2D eigenvalue weighted by molar-refractivity contribution is 7.90. The third kappa shape index (κ3) is 5.50. The predicted molar refractivity (Wildman–Crippen MR) is 128 cm³/mol. The van der Waals surface area contributed by atoms with Gasteiger partial charge < -0.3 is 9.64 Å². The van der Waals surface area contributed by atoms with E-state index in [1.807, 2.05) is 27.7 Å². The van der Waals surface area contributed by atoms with E-state index < -0.39 is 15.6 Å². The molecule has 0 radical (unpaired) electrons. The van der Waals surface area contributed by atoms with Gasteiger partial charge in [0.1, 0.15) is 11.9 Å². The first-order chi connectivity index (χ1) is 15.2. The summed E-state index contributed by atoms with van der Waals surface area (Å²) in [5.74, 6) is 0. The van der Waals surface area contributed by atoms with Crippen molar-refractivity contribution in [1.82, 2.24) is 19.6 Å². The number of amides is 1. The lowest BCUT2D eigenvalue weighted by molar-refractivity contribution is 0.0155. The van der Waals surface area contributed by atoms with Crippen molar-refractivity contribution in [1.29, 1.82) is 0 Å². The fourth-order valence-electron chi connectivity index (χ4n) is 3.74. The van der Waals surface area contributed by atoms with E-state index >= 15 is 0 Å². The minimum absolute atomic E-state index is 0.00251. The number of sulfonamides is 1. The number of halogens is 1. The van der Waals surface area contributed by atoms with Gasteiger partial charge in [0.25, 0.3) is 10.0 Å². The van der Waals surface area contributed by atoms with Crippen LogP contribution in [0, 0.1) is 0 Å². The smallest absolute Gasteiger partial charge is 0.410 e. The van der Waals surface area contributed by atoms with Crippen LogP contribution >= 0.6 is 11.6 Å². The molecule has 0 saturated heterocycles. The minimum atomic E-state index is -3.93. The number of benzene rings is 1. The zero-order valence-electron chi connectivity index (χ0n) is 20.0. The number of ether oxygens (including phenoxy) is 1. The number of hydrogen-bond acceptors (Lipinski definition) is 5. The molecule has 1 aliphatic heterocycles. The maximum atomic E-state index is 12.7. The van der Waals surface area contributed by atoms with Crippen LogP contribution in [0.15, 0.2) is 27.5 Å². The van der Waals surface area contributed by atoms with Crippen molar-refractivity contribution in [2.75, 3.05) is 20.6 Å². The Hall–Kier alpha value is -2.59. The fourth-order valence-corrected chi connectivity index (χ4v) is 5.03. The van der Waals surface area contributed by atoms with Gasteiger partial charge in [-0.15, -0.1) is 4.40 Å². The summed E-state index contributed by atoms with van der Waals surface area (Å²) >= 11 is 6.30. The van der Waals surface area contributed by atoms with Gasteiger partial charge in [0.05, 0.1) is 22.3 Å². The Morgan fingerprint density at radius 2 is 1.97 bits per heavy atom. The average Bonchev–Trinajstić information content (AvgIpc) is 3.01. The zero-order valence-corrected chi connectivity index (χ0v) is 21.5. The molecule has 0 aliphatic carbocycles. The first-order valence-corrected chi connectivity index (χ1v) is 12.3. The number of carbonyl (C=O) groups is 1. The summed E-state index contributed by atoms with van der Waals surface area (Å²) in [5.41, 5.74) is 2.49. The second kappa shape index (κ2) is 8.98. The van der Waals surface area contributed by atoms with Gasteiger partial charge in [-0.1, -0.05) is 11.6 Å². The van der Waals surface area contributed by atoms with E-state index in [9.17, 15) is 13.2 Å². The van der Waals surface area contributed by atoms with Crippen molar-refractivity contribution >= 4 is 34.1 Å². The van der Waals surface area contributed by atoms with Crippen molar-refractivity contribution in [3.05, 3.63) is 34.5 Å². The Labute approximate surface area is 200 Å². The van der Waals surface area contributed by atoms with Crippen molar-refractivity contribution in [3.8, 4) is 11.3 Å². The van der Waals surface area contributed by atoms with Crippen LogP contribution in [0.2, 0.25) is 5.02 Å². The number of nitrogens with zero attached hydrogens (tertiary/aromatic N) is 5. The van der Waals surface area contributed by atoms with Gasteiger partial charge in [0, 0.05) is 43.8 Å². The number of aryl methyl sites for hydroxylation is 1. The molecule has 2 aromatic rings. The summed E-state index contributed by atoms with van der Waals surface area (Å²) in [6, 6.07) is 4.34. The molecule has 0 spiro atoms. The standard InChI is InChI=1S/C22H30ClN5O4S/c1-14-19-18(8-9-28(14)21(29)32-22(2,3)4)20(27(7)25-19)15-10-16(23)12-17(11-15)33(30,31)24-13-26(5)6/h10-14H,8-9H2,1-7H3. The molecular weight excluding hydrogens is 466 g/mol. The van der Waals surface area contributed by atoms with E-state index in [0.717, 1.165) is 17.0 Å². The molecule has 3 rings (SSSR count). The van der Waals surface area contributed by atoms with E-state index in [-0.39, 0.29) is 22.1 Å². The van der Waals surface area contributed by atoms with Gasteiger partial charge in [-0.05, 0) is 52.3 Å². The summed E-state index contributed by atoms with van der Waals surface area (Å²) in [6.07, 6.45) is 1.40. The fraction of sp³-hybridized carbons (Fsp3) is 0.500. The van der Waals surface area contributed by atoms with Gasteiger partial charge in [-0.2, -0.15) is 13.5 Å². The Kier molecular flexibility index (Phi) is 6.82. The first-order valence-electron chi connectivity index (χ1n) is 10.5. The van der Waals surface area contributed by atoms with Crippen molar-refractivity contribution in [2.45, 2.75) is 50.7 Å². The highest BCUT2D eigenvalue weighted by Gasteiger charge is 2.35. The summed E-state index contributed by atoms with van der Waals surface area (Å²) in [7, 11) is 1.23. The molecule has 1 aromatic heterocycles. The molecule has 2 heterocycles. The molecule has 1 aliphatic rings. The number of carbonyl (C=O) groups excluding carboxylic acids is 1. The molecule has 1 unspecified atom stereocenters. The van der Waals surface area contributed by atoms with Crippen LogP contribution in [-0.4, -0.2) is 66.7 Å². The molecule has 180 valence electrons. The summed E-state index contributed by atoms with van der Waals surface area (Å²) in [5, 5.41) is 4.94. The molecule has 1 amide bonds. The van der Waals surface area contributed by atoms with Crippen LogP contribution in [0.5, 0.6) is 0 Å². The van der Waals surface area contributed by atoms with Crippen LogP contribution in [0.3, 0.4) is 0 Å². The maximum Gasteiger partial charge on any atom is 0.410 e. The molecule has 0 bridgehead atoms. The average molecular weight is 496 g/mol. The lowest BCUT2D eigenvalue weighted by Gasteiger charge is -2.34. The Morgan fingerprint density at radius 3 is 2.58 bits per heavy atom. The number of hydrogen-bond donors (Lipinski definition) is 0. The highest BCUT2D eigenvalue weighted by Crippen LogP contribution is 2.37. The SMILES string of the molecule is CC1c2nn(C)c(-c3cc(Cl)cc(S(=O)(=O)N=CN(C)C)c3)c2CCN1C(=O)OC(C)(C)C. The van der Waals surface area contributed by atoms with Crippen LogP contribution in [0.25, 0.3) is 11.3 Å². The number of fused-ring (bicyclic) bond motifs is 1. The van der Waals surface area contributed by atoms with Crippen LogP contribution in [0.1, 0.15) is 45.0 Å². The number of rotatable bonds is 4. The van der Waals surface area contributed by atoms with E-state index in [1.54, 1.807) is 42.9 Å². The molecule has 1 aromatic carbocycles. The van der Waals surface area contributed by atoms with Crippen molar-refractivity contribution < 1.29 is 17.9 Å². The number of aromatic nitrogens is 2. The molecule has 11 heteroatoms. The lowest BCUT2D eigenvalue weighted by Crippen LogP contribution is -2.42. The van der Waals surface area contributed by atoms with E-state index in [4.69, 9.17) is 16.3 Å². The van der Waals surface area contributed by atoms with Gasteiger partial charge in [0.15, 0.2) is 0 Å². The Balaban J connectivity index is 2.02. The van der Waals surface area contributed by atoms with Gasteiger partial charge in [-0.3, -0.25) is 9.58 Å². The molecule has 0 fully saturated rings. The zero-order chi connectivity index (χ0) is 24.7. The van der Waals surface area contributed by atoms with Gasteiger partial charge in [0.2, 0.25) is 0 Å². The quantitative estimate of drug-likeness (QED) is 0.471. The first kappa shape index (κ1) is 25.0. The molecular formula is C22H30ClN5O4S.